The van der Waals surface area contributed by atoms with E-state index in [4.69, 9.17) is 14.2 Å². The summed E-state index contributed by atoms with van der Waals surface area (Å²) in [4.78, 5) is 12.6. The number of amides is 1. The molecule has 1 amide bonds. The quantitative estimate of drug-likeness (QED) is 0.816. The molecule has 0 unspecified atom stereocenters. The van der Waals surface area contributed by atoms with Gasteiger partial charge in [0.25, 0.3) is 5.91 Å². The van der Waals surface area contributed by atoms with Crippen LogP contribution in [0.2, 0.25) is 0 Å². The van der Waals surface area contributed by atoms with Gasteiger partial charge >= 0.3 is 0 Å². The molecule has 0 aromatic heterocycles. The van der Waals surface area contributed by atoms with Crippen LogP contribution in [0.1, 0.15) is 23.2 Å². The van der Waals surface area contributed by atoms with Crippen molar-refractivity contribution in [2.45, 2.75) is 23.5 Å². The lowest BCUT2D eigenvalue weighted by atomic mass is 9.98. The van der Waals surface area contributed by atoms with Gasteiger partial charge in [-0.15, -0.1) is 0 Å². The lowest BCUT2D eigenvalue weighted by molar-refractivity contribution is -0.0155. The molecule has 1 spiro atoms. The van der Waals surface area contributed by atoms with Crippen molar-refractivity contribution >= 4 is 15.9 Å². The third-order valence-electron chi connectivity index (χ3n) is 5.30. The maximum atomic E-state index is 13.1. The molecule has 4 rings (SSSR count). The van der Waals surface area contributed by atoms with E-state index < -0.39 is 15.7 Å². The molecule has 0 aliphatic carbocycles. The minimum Gasteiger partial charge on any atom is -0.493 e. The van der Waals surface area contributed by atoms with Crippen molar-refractivity contribution in [2.24, 2.45) is 0 Å². The average molecular weight is 418 g/mol. The monoisotopic (exact) mass is 418 g/mol. The number of rotatable bonds is 4. The first kappa shape index (κ1) is 19.5. The highest BCUT2D eigenvalue weighted by molar-refractivity contribution is 7.89. The maximum absolute atomic E-state index is 13.1. The molecule has 2 aliphatic rings. The molecule has 1 N–H and O–H groups in total. The fourth-order valence-electron chi connectivity index (χ4n) is 3.69. The van der Waals surface area contributed by atoms with Gasteiger partial charge in [-0.3, -0.25) is 4.79 Å². The van der Waals surface area contributed by atoms with Crippen LogP contribution in [0.3, 0.4) is 0 Å². The number of piperidine rings is 1. The Labute approximate surface area is 169 Å². The number of carbonyl (C=O) groups is 1. The first-order chi connectivity index (χ1) is 13.9. The molecule has 0 saturated carbocycles. The van der Waals surface area contributed by atoms with Crippen molar-refractivity contribution in [3.05, 3.63) is 48.0 Å². The zero-order valence-corrected chi connectivity index (χ0v) is 17.0. The lowest BCUT2D eigenvalue weighted by Gasteiger charge is -2.44. The van der Waals surface area contributed by atoms with Gasteiger partial charge in [0.05, 0.1) is 24.7 Å². The number of para-hydroxylation sites is 1. The standard InChI is InChI=1S/C20H22N2O6S/c1-26-17-8-7-14(13-18(17)27-2)29(24,25)22-11-9-20(10-12-22)21-19(23)15-5-3-4-6-16(15)28-20/h3-8,13H,9-12H2,1-2H3,(H,21,23). The Kier molecular flexibility index (Phi) is 4.87. The van der Waals surface area contributed by atoms with Crippen LogP contribution in [0.4, 0.5) is 0 Å². The van der Waals surface area contributed by atoms with E-state index in [9.17, 15) is 13.2 Å². The number of ether oxygens (including phenoxy) is 3. The van der Waals surface area contributed by atoms with Crippen LogP contribution in [0.5, 0.6) is 17.2 Å². The summed E-state index contributed by atoms with van der Waals surface area (Å²) in [5.74, 6) is 1.12. The molecule has 2 aromatic carbocycles. The number of nitrogens with one attached hydrogen (secondary N) is 1. The van der Waals surface area contributed by atoms with E-state index in [0.29, 0.717) is 35.7 Å². The van der Waals surface area contributed by atoms with Crippen LogP contribution in [-0.4, -0.2) is 51.7 Å². The predicted molar refractivity (Wildman–Crippen MR) is 105 cm³/mol. The highest BCUT2D eigenvalue weighted by atomic mass is 32.2. The Balaban J connectivity index is 1.53. The Morgan fingerprint density at radius 2 is 1.72 bits per heavy atom. The zero-order chi connectivity index (χ0) is 20.6. The molecule has 29 heavy (non-hydrogen) atoms. The third kappa shape index (κ3) is 3.40. The Bertz CT molecular complexity index is 1040. The number of fused-ring (bicyclic) bond motifs is 1. The first-order valence-corrected chi connectivity index (χ1v) is 10.7. The summed E-state index contributed by atoms with van der Waals surface area (Å²) in [6, 6.07) is 11.6. The SMILES string of the molecule is COc1ccc(S(=O)(=O)N2CCC3(CC2)NC(=O)c2ccccc2O3)cc1OC. The summed E-state index contributed by atoms with van der Waals surface area (Å²) in [5, 5.41) is 2.91. The molecule has 1 fully saturated rings. The van der Waals surface area contributed by atoms with Crippen LogP contribution in [0, 0.1) is 0 Å². The Hall–Kier alpha value is -2.78. The van der Waals surface area contributed by atoms with E-state index in [0.717, 1.165) is 0 Å². The number of hydrogen-bond acceptors (Lipinski definition) is 6. The van der Waals surface area contributed by atoms with Crippen LogP contribution in [0.25, 0.3) is 0 Å². The minimum absolute atomic E-state index is 0.130. The fraction of sp³-hybridized carbons (Fsp3) is 0.350. The van der Waals surface area contributed by atoms with Gasteiger partial charge in [-0.05, 0) is 24.3 Å². The number of hydrogen-bond donors (Lipinski definition) is 1. The van der Waals surface area contributed by atoms with E-state index >= 15 is 0 Å². The number of carbonyl (C=O) groups excluding carboxylic acids is 1. The average Bonchev–Trinajstić information content (AvgIpc) is 2.73. The van der Waals surface area contributed by atoms with E-state index in [2.05, 4.69) is 5.32 Å². The van der Waals surface area contributed by atoms with Gasteiger partial charge in [0, 0.05) is 32.0 Å². The summed E-state index contributed by atoms with van der Waals surface area (Å²) in [6.07, 6.45) is 0.694. The second-order valence-corrected chi connectivity index (χ2v) is 8.91. The van der Waals surface area contributed by atoms with E-state index in [1.165, 1.54) is 30.7 Å². The summed E-state index contributed by atoms with van der Waals surface area (Å²) >= 11 is 0. The summed E-state index contributed by atoms with van der Waals surface area (Å²) in [6.45, 7) is 0.443. The first-order valence-electron chi connectivity index (χ1n) is 9.21. The molecule has 9 heteroatoms. The third-order valence-corrected chi connectivity index (χ3v) is 7.20. The fourth-order valence-corrected chi connectivity index (χ4v) is 5.15. The van der Waals surface area contributed by atoms with Gasteiger partial charge in [0.1, 0.15) is 5.75 Å². The molecule has 0 atom stereocenters. The largest absolute Gasteiger partial charge is 0.493 e. The van der Waals surface area contributed by atoms with E-state index in [1.807, 2.05) is 6.07 Å². The molecule has 8 nitrogen and oxygen atoms in total. The van der Waals surface area contributed by atoms with Gasteiger partial charge < -0.3 is 19.5 Å². The van der Waals surface area contributed by atoms with Gasteiger partial charge in [0.15, 0.2) is 17.2 Å². The molecule has 1 saturated heterocycles. The highest BCUT2D eigenvalue weighted by Crippen LogP contribution is 2.36. The van der Waals surface area contributed by atoms with Crippen molar-refractivity contribution in [3.63, 3.8) is 0 Å². The summed E-state index contributed by atoms with van der Waals surface area (Å²) < 4.78 is 44.0. The number of methoxy groups -OCH3 is 2. The second-order valence-electron chi connectivity index (χ2n) is 6.97. The molecule has 2 aromatic rings. The van der Waals surface area contributed by atoms with Gasteiger partial charge in [-0.2, -0.15) is 4.31 Å². The van der Waals surface area contributed by atoms with Crippen LogP contribution in [0.15, 0.2) is 47.4 Å². The molecule has 2 aliphatic heterocycles. The van der Waals surface area contributed by atoms with Gasteiger partial charge in [0.2, 0.25) is 10.0 Å². The molecule has 0 bridgehead atoms. The topological polar surface area (TPSA) is 94.2 Å². The van der Waals surface area contributed by atoms with Gasteiger partial charge in [-0.1, -0.05) is 12.1 Å². The van der Waals surface area contributed by atoms with Crippen molar-refractivity contribution in [1.29, 1.82) is 0 Å². The molecule has 0 radical (unpaired) electrons. The van der Waals surface area contributed by atoms with Crippen molar-refractivity contribution in [1.82, 2.24) is 9.62 Å². The number of benzene rings is 2. The summed E-state index contributed by atoms with van der Waals surface area (Å²) in [5.41, 5.74) is -0.409. The Morgan fingerprint density at radius 3 is 2.41 bits per heavy atom. The Morgan fingerprint density at radius 1 is 1.03 bits per heavy atom. The molecular weight excluding hydrogens is 396 g/mol. The normalized spacial score (nSPS) is 18.5. The number of nitrogens with zero attached hydrogens (tertiary/aromatic N) is 1. The van der Waals surface area contributed by atoms with Crippen LogP contribution < -0.4 is 19.5 Å². The predicted octanol–water partition coefficient (Wildman–Crippen LogP) is 2.01. The van der Waals surface area contributed by atoms with Gasteiger partial charge in [-0.25, -0.2) is 8.42 Å². The van der Waals surface area contributed by atoms with E-state index in [1.54, 1.807) is 24.3 Å². The zero-order valence-electron chi connectivity index (χ0n) is 16.2. The minimum atomic E-state index is -3.72. The van der Waals surface area contributed by atoms with Crippen molar-refractivity contribution in [2.75, 3.05) is 27.3 Å². The molecule has 2 heterocycles. The van der Waals surface area contributed by atoms with Crippen molar-refractivity contribution < 1.29 is 27.4 Å². The maximum Gasteiger partial charge on any atom is 0.258 e. The second kappa shape index (κ2) is 7.23. The summed E-state index contributed by atoms with van der Waals surface area (Å²) in [7, 11) is -0.769. The van der Waals surface area contributed by atoms with Crippen LogP contribution >= 0.6 is 0 Å². The molecule has 154 valence electrons. The highest BCUT2D eigenvalue weighted by Gasteiger charge is 2.44. The van der Waals surface area contributed by atoms with Crippen molar-refractivity contribution in [3.8, 4) is 17.2 Å². The van der Waals surface area contributed by atoms with E-state index in [-0.39, 0.29) is 23.9 Å². The van der Waals surface area contributed by atoms with Crippen LogP contribution in [-0.2, 0) is 10.0 Å². The number of sulfonamides is 1. The lowest BCUT2D eigenvalue weighted by Crippen LogP contribution is -2.61. The molecular formula is C20H22N2O6S. The smallest absolute Gasteiger partial charge is 0.258 e.